The quantitative estimate of drug-likeness (QED) is 0.742. The van der Waals surface area contributed by atoms with Crippen LogP contribution in [0.3, 0.4) is 0 Å². The molecule has 0 atom stereocenters. The summed E-state index contributed by atoms with van der Waals surface area (Å²) in [5.74, 6) is 0. The Kier molecular flexibility index (Phi) is 4.19. The van der Waals surface area contributed by atoms with Crippen molar-refractivity contribution in [1.29, 1.82) is 0 Å². The van der Waals surface area contributed by atoms with Crippen LogP contribution < -0.4 is 5.32 Å². The first-order valence-corrected chi connectivity index (χ1v) is 6.24. The molecule has 3 nitrogen and oxygen atoms in total. The van der Waals surface area contributed by atoms with Gasteiger partial charge in [0.15, 0.2) is 0 Å². The van der Waals surface area contributed by atoms with Crippen molar-refractivity contribution in [2.24, 2.45) is 0 Å². The Morgan fingerprint density at radius 2 is 2.18 bits per heavy atom. The van der Waals surface area contributed by atoms with Crippen LogP contribution in [-0.2, 0) is 0 Å². The molecule has 0 radical (unpaired) electrons. The van der Waals surface area contributed by atoms with Gasteiger partial charge in [0, 0.05) is 24.0 Å². The zero-order chi connectivity index (χ0) is 11.9. The number of hydrogen-bond donors (Lipinski definition) is 2. The summed E-state index contributed by atoms with van der Waals surface area (Å²) in [5.41, 5.74) is 3.40. The van der Waals surface area contributed by atoms with Crippen molar-refractivity contribution in [2.75, 3.05) is 11.9 Å². The van der Waals surface area contributed by atoms with Crippen LogP contribution in [0.25, 0.3) is 11.3 Å². The van der Waals surface area contributed by atoms with Crippen LogP contribution in [0.2, 0.25) is 0 Å². The second-order valence-corrected chi connectivity index (χ2v) is 4.19. The molecule has 1 aromatic heterocycles. The fourth-order valence-corrected chi connectivity index (χ4v) is 1.82. The van der Waals surface area contributed by atoms with Crippen molar-refractivity contribution < 1.29 is 0 Å². The van der Waals surface area contributed by atoms with Crippen LogP contribution in [0.4, 0.5) is 5.69 Å². The Bertz CT molecular complexity index is 434. The molecule has 0 spiro atoms. The number of anilines is 1. The predicted molar refractivity (Wildman–Crippen MR) is 72.0 cm³/mol. The van der Waals surface area contributed by atoms with Gasteiger partial charge in [-0.3, -0.25) is 5.10 Å². The molecule has 2 N–H and O–H groups in total. The summed E-state index contributed by atoms with van der Waals surface area (Å²) in [6, 6.07) is 10.4. The molecule has 3 heteroatoms. The van der Waals surface area contributed by atoms with E-state index in [-0.39, 0.29) is 0 Å². The molecule has 1 heterocycles. The molecule has 0 aliphatic rings. The first kappa shape index (κ1) is 11.7. The highest BCUT2D eigenvalue weighted by molar-refractivity contribution is 5.64. The molecule has 0 amide bonds. The van der Waals surface area contributed by atoms with Crippen molar-refractivity contribution in [3.63, 3.8) is 0 Å². The van der Waals surface area contributed by atoms with Gasteiger partial charge in [0.25, 0.3) is 0 Å². The number of benzene rings is 1. The smallest absolute Gasteiger partial charge is 0.0650 e. The molecule has 1 aromatic carbocycles. The van der Waals surface area contributed by atoms with Gasteiger partial charge in [-0.25, -0.2) is 0 Å². The lowest BCUT2D eigenvalue weighted by atomic mass is 10.1. The molecule has 0 saturated carbocycles. The highest BCUT2D eigenvalue weighted by atomic mass is 15.1. The minimum Gasteiger partial charge on any atom is -0.385 e. The fourth-order valence-electron chi connectivity index (χ4n) is 1.82. The van der Waals surface area contributed by atoms with Gasteiger partial charge in [0.05, 0.1) is 5.69 Å². The van der Waals surface area contributed by atoms with E-state index in [2.05, 4.69) is 46.7 Å². The first-order chi connectivity index (χ1) is 8.40. The van der Waals surface area contributed by atoms with Gasteiger partial charge < -0.3 is 5.32 Å². The Morgan fingerprint density at radius 1 is 1.24 bits per heavy atom. The van der Waals surface area contributed by atoms with Crippen molar-refractivity contribution in [3.8, 4) is 11.3 Å². The van der Waals surface area contributed by atoms with E-state index in [1.54, 1.807) is 6.20 Å². The molecule has 2 aromatic rings. The summed E-state index contributed by atoms with van der Waals surface area (Å²) in [6.07, 6.45) is 5.55. The van der Waals surface area contributed by atoms with Crippen molar-refractivity contribution >= 4 is 5.69 Å². The standard InChI is InChI=1S/C14H19N3/c1-2-3-4-9-15-13-7-5-6-12(11-13)14-8-10-16-17-14/h5-8,10-11,15H,2-4,9H2,1H3,(H,16,17). The third-order valence-electron chi connectivity index (χ3n) is 2.78. The Labute approximate surface area is 102 Å². The molecule has 90 valence electrons. The monoisotopic (exact) mass is 229 g/mol. The number of aromatic amines is 1. The predicted octanol–water partition coefficient (Wildman–Crippen LogP) is 3.68. The van der Waals surface area contributed by atoms with Gasteiger partial charge >= 0.3 is 0 Å². The highest BCUT2D eigenvalue weighted by Crippen LogP contribution is 2.20. The Hall–Kier alpha value is -1.77. The lowest BCUT2D eigenvalue weighted by Gasteiger charge is -2.07. The molecular weight excluding hydrogens is 210 g/mol. The molecular formula is C14H19N3. The minimum absolute atomic E-state index is 1.04. The van der Waals surface area contributed by atoms with Gasteiger partial charge in [-0.2, -0.15) is 5.10 Å². The van der Waals surface area contributed by atoms with Crippen molar-refractivity contribution in [2.45, 2.75) is 26.2 Å². The lowest BCUT2D eigenvalue weighted by Crippen LogP contribution is -2.01. The zero-order valence-electron chi connectivity index (χ0n) is 10.2. The van der Waals surface area contributed by atoms with Crippen LogP contribution in [-0.4, -0.2) is 16.7 Å². The van der Waals surface area contributed by atoms with E-state index in [4.69, 9.17) is 0 Å². The van der Waals surface area contributed by atoms with Crippen molar-refractivity contribution in [1.82, 2.24) is 10.2 Å². The molecule has 0 aliphatic carbocycles. The van der Waals surface area contributed by atoms with Crippen LogP contribution in [0, 0.1) is 0 Å². The summed E-state index contributed by atoms with van der Waals surface area (Å²) in [4.78, 5) is 0. The maximum Gasteiger partial charge on any atom is 0.0650 e. The van der Waals surface area contributed by atoms with Gasteiger partial charge in [0.2, 0.25) is 0 Å². The Morgan fingerprint density at radius 3 is 2.94 bits per heavy atom. The summed E-state index contributed by atoms with van der Waals surface area (Å²) < 4.78 is 0. The topological polar surface area (TPSA) is 40.7 Å². The minimum atomic E-state index is 1.04. The molecule has 0 saturated heterocycles. The maximum atomic E-state index is 3.97. The van der Waals surface area contributed by atoms with E-state index in [0.29, 0.717) is 0 Å². The van der Waals surface area contributed by atoms with E-state index in [0.717, 1.165) is 12.2 Å². The van der Waals surface area contributed by atoms with Crippen LogP contribution >= 0.6 is 0 Å². The van der Waals surface area contributed by atoms with E-state index in [1.165, 1.54) is 30.5 Å². The summed E-state index contributed by atoms with van der Waals surface area (Å²) in [7, 11) is 0. The Balaban J connectivity index is 1.97. The number of unbranched alkanes of at least 4 members (excludes halogenated alkanes) is 2. The first-order valence-electron chi connectivity index (χ1n) is 6.24. The molecule has 0 fully saturated rings. The van der Waals surface area contributed by atoms with Gasteiger partial charge in [-0.15, -0.1) is 0 Å². The second-order valence-electron chi connectivity index (χ2n) is 4.19. The van der Waals surface area contributed by atoms with E-state index in [1.807, 2.05) is 6.07 Å². The van der Waals surface area contributed by atoms with Crippen LogP contribution in [0.15, 0.2) is 36.5 Å². The number of rotatable bonds is 6. The summed E-state index contributed by atoms with van der Waals surface area (Å²) >= 11 is 0. The molecule has 0 bridgehead atoms. The van der Waals surface area contributed by atoms with Crippen LogP contribution in [0.5, 0.6) is 0 Å². The SMILES string of the molecule is CCCCCNc1cccc(-c2ccn[nH]2)c1. The number of hydrogen-bond acceptors (Lipinski definition) is 2. The summed E-state index contributed by atoms with van der Waals surface area (Å²) in [6.45, 7) is 3.26. The van der Waals surface area contributed by atoms with E-state index in [9.17, 15) is 0 Å². The van der Waals surface area contributed by atoms with Gasteiger partial charge in [-0.05, 0) is 24.6 Å². The maximum absolute atomic E-state index is 3.97. The van der Waals surface area contributed by atoms with Gasteiger partial charge in [0.1, 0.15) is 0 Å². The normalized spacial score (nSPS) is 10.4. The number of nitrogens with one attached hydrogen (secondary N) is 2. The highest BCUT2D eigenvalue weighted by Gasteiger charge is 1.99. The molecule has 0 aliphatic heterocycles. The third-order valence-corrected chi connectivity index (χ3v) is 2.78. The molecule has 17 heavy (non-hydrogen) atoms. The summed E-state index contributed by atoms with van der Waals surface area (Å²) in [5, 5.41) is 10.4. The lowest BCUT2D eigenvalue weighted by molar-refractivity contribution is 0.744. The average molecular weight is 229 g/mol. The second kappa shape index (κ2) is 6.09. The molecule has 0 unspecified atom stereocenters. The average Bonchev–Trinajstić information content (AvgIpc) is 2.89. The number of nitrogens with zero attached hydrogens (tertiary/aromatic N) is 1. The van der Waals surface area contributed by atoms with Crippen LogP contribution in [0.1, 0.15) is 26.2 Å². The van der Waals surface area contributed by atoms with E-state index >= 15 is 0 Å². The van der Waals surface area contributed by atoms with Gasteiger partial charge in [-0.1, -0.05) is 31.9 Å². The third kappa shape index (κ3) is 3.34. The number of H-pyrrole nitrogens is 1. The fraction of sp³-hybridized carbons (Fsp3) is 0.357. The zero-order valence-corrected chi connectivity index (χ0v) is 10.2. The number of aromatic nitrogens is 2. The largest absolute Gasteiger partial charge is 0.385 e. The van der Waals surface area contributed by atoms with Crippen molar-refractivity contribution in [3.05, 3.63) is 36.5 Å². The van der Waals surface area contributed by atoms with E-state index < -0.39 is 0 Å². The molecule has 2 rings (SSSR count).